The second kappa shape index (κ2) is 7.57. The average molecular weight is 348 g/mol. The molecule has 1 N–H and O–H groups in total. The number of carbonyl (C=O) groups is 1. The Bertz CT molecular complexity index is 704. The van der Waals surface area contributed by atoms with Crippen molar-refractivity contribution >= 4 is 17.7 Å². The van der Waals surface area contributed by atoms with Gasteiger partial charge in [0.1, 0.15) is 19.0 Å². The van der Waals surface area contributed by atoms with Gasteiger partial charge in [-0.15, -0.1) is 10.2 Å². The van der Waals surface area contributed by atoms with Gasteiger partial charge in [0.05, 0.1) is 12.3 Å². The molecule has 1 aromatic carbocycles. The molecule has 8 heteroatoms. The molecule has 24 heavy (non-hydrogen) atoms. The Morgan fingerprint density at radius 1 is 1.42 bits per heavy atom. The highest BCUT2D eigenvalue weighted by Gasteiger charge is 2.21. The topological polar surface area (TPSA) is 78.3 Å². The van der Waals surface area contributed by atoms with Crippen molar-refractivity contribution in [2.75, 3.05) is 18.9 Å². The van der Waals surface area contributed by atoms with E-state index in [1.807, 2.05) is 42.7 Å². The van der Waals surface area contributed by atoms with Gasteiger partial charge >= 0.3 is 0 Å². The van der Waals surface area contributed by atoms with Gasteiger partial charge in [-0.05, 0) is 26.0 Å². The van der Waals surface area contributed by atoms with Crippen LogP contribution in [0.3, 0.4) is 0 Å². The highest BCUT2D eigenvalue weighted by molar-refractivity contribution is 7.99. The maximum absolute atomic E-state index is 12.0. The van der Waals surface area contributed by atoms with Crippen molar-refractivity contribution in [1.82, 2.24) is 20.1 Å². The van der Waals surface area contributed by atoms with E-state index < -0.39 is 0 Å². The van der Waals surface area contributed by atoms with Crippen molar-refractivity contribution < 1.29 is 14.3 Å². The van der Waals surface area contributed by atoms with Crippen molar-refractivity contribution in [3.63, 3.8) is 0 Å². The SMILES string of the molecule is CC(C)n1cnnc1SCC(=O)NCC1COc2ccccc2O1. The number of para-hydroxylation sites is 2. The Labute approximate surface area is 144 Å². The maximum Gasteiger partial charge on any atom is 0.230 e. The summed E-state index contributed by atoms with van der Waals surface area (Å²) in [5.74, 6) is 1.67. The summed E-state index contributed by atoms with van der Waals surface area (Å²) < 4.78 is 13.4. The van der Waals surface area contributed by atoms with Gasteiger partial charge in [0, 0.05) is 6.04 Å². The van der Waals surface area contributed by atoms with E-state index in [-0.39, 0.29) is 23.8 Å². The van der Waals surface area contributed by atoms with Crippen molar-refractivity contribution in [2.45, 2.75) is 31.1 Å². The van der Waals surface area contributed by atoms with E-state index >= 15 is 0 Å². The molecule has 0 radical (unpaired) electrons. The normalized spacial score (nSPS) is 16.2. The summed E-state index contributed by atoms with van der Waals surface area (Å²) in [5, 5.41) is 11.5. The molecule has 0 spiro atoms. The summed E-state index contributed by atoms with van der Waals surface area (Å²) in [6.45, 7) is 4.92. The number of thioether (sulfide) groups is 1. The first kappa shape index (κ1) is 16.6. The number of amides is 1. The molecular weight excluding hydrogens is 328 g/mol. The van der Waals surface area contributed by atoms with E-state index in [1.54, 1.807) is 6.33 Å². The molecule has 1 atom stereocenters. The summed E-state index contributed by atoms with van der Waals surface area (Å²) >= 11 is 1.37. The monoisotopic (exact) mass is 348 g/mol. The van der Waals surface area contributed by atoms with E-state index in [0.717, 1.165) is 10.9 Å². The van der Waals surface area contributed by atoms with Crippen molar-refractivity contribution in [2.24, 2.45) is 0 Å². The number of hydrogen-bond acceptors (Lipinski definition) is 6. The molecule has 1 unspecified atom stereocenters. The van der Waals surface area contributed by atoms with E-state index in [2.05, 4.69) is 15.5 Å². The molecule has 1 aliphatic heterocycles. The molecular formula is C16H20N4O3S. The van der Waals surface area contributed by atoms with Crippen LogP contribution in [-0.4, -0.2) is 45.7 Å². The number of rotatable bonds is 6. The average Bonchev–Trinajstić information content (AvgIpc) is 3.07. The van der Waals surface area contributed by atoms with Gasteiger partial charge in [0.2, 0.25) is 5.91 Å². The minimum absolute atomic E-state index is 0.0687. The molecule has 0 aliphatic carbocycles. The molecule has 1 amide bonds. The lowest BCUT2D eigenvalue weighted by Crippen LogP contribution is -2.41. The molecule has 3 rings (SSSR count). The van der Waals surface area contributed by atoms with E-state index in [1.165, 1.54) is 11.8 Å². The van der Waals surface area contributed by atoms with Gasteiger partial charge in [-0.2, -0.15) is 0 Å². The molecule has 7 nitrogen and oxygen atoms in total. The van der Waals surface area contributed by atoms with Crippen LogP contribution in [0.5, 0.6) is 11.5 Å². The van der Waals surface area contributed by atoms with E-state index in [9.17, 15) is 4.79 Å². The standard InChI is InChI=1S/C16H20N4O3S/c1-11(2)20-10-18-19-16(20)24-9-15(21)17-7-12-8-22-13-5-3-4-6-14(13)23-12/h3-6,10-12H,7-9H2,1-2H3,(H,17,21). The van der Waals surface area contributed by atoms with Gasteiger partial charge < -0.3 is 19.4 Å². The quantitative estimate of drug-likeness (QED) is 0.804. The summed E-state index contributed by atoms with van der Waals surface area (Å²) in [6.07, 6.45) is 1.49. The smallest absolute Gasteiger partial charge is 0.230 e. The zero-order chi connectivity index (χ0) is 16.9. The Hall–Kier alpha value is -2.22. The minimum atomic E-state index is -0.187. The van der Waals surface area contributed by atoms with Crippen molar-refractivity contribution in [1.29, 1.82) is 0 Å². The van der Waals surface area contributed by atoms with Gasteiger partial charge in [-0.3, -0.25) is 4.79 Å². The van der Waals surface area contributed by atoms with Crippen LogP contribution in [-0.2, 0) is 4.79 Å². The number of benzene rings is 1. The predicted molar refractivity (Wildman–Crippen MR) is 90.5 cm³/mol. The molecule has 1 aliphatic rings. The van der Waals surface area contributed by atoms with Crippen LogP contribution in [0.25, 0.3) is 0 Å². The van der Waals surface area contributed by atoms with E-state index in [4.69, 9.17) is 9.47 Å². The second-order valence-electron chi connectivity index (χ2n) is 5.70. The number of aromatic nitrogens is 3. The Morgan fingerprint density at radius 2 is 2.21 bits per heavy atom. The van der Waals surface area contributed by atoms with Crippen molar-refractivity contribution in [3.8, 4) is 11.5 Å². The van der Waals surface area contributed by atoms with Crippen LogP contribution in [0.4, 0.5) is 0 Å². The lowest BCUT2D eigenvalue weighted by atomic mass is 10.2. The lowest BCUT2D eigenvalue weighted by molar-refractivity contribution is -0.119. The molecule has 128 valence electrons. The zero-order valence-corrected chi connectivity index (χ0v) is 14.5. The molecule has 1 aromatic heterocycles. The summed E-state index contributed by atoms with van der Waals surface area (Å²) in [4.78, 5) is 12.0. The van der Waals surface area contributed by atoms with Crippen LogP contribution in [0.15, 0.2) is 35.7 Å². The Morgan fingerprint density at radius 3 is 3.00 bits per heavy atom. The fraction of sp³-hybridized carbons (Fsp3) is 0.438. The van der Waals surface area contributed by atoms with Crippen LogP contribution in [0.2, 0.25) is 0 Å². The van der Waals surface area contributed by atoms with Crippen LogP contribution in [0, 0.1) is 0 Å². The number of fused-ring (bicyclic) bond motifs is 1. The minimum Gasteiger partial charge on any atom is -0.486 e. The van der Waals surface area contributed by atoms with Gasteiger partial charge in [0.15, 0.2) is 16.7 Å². The molecule has 0 fully saturated rings. The fourth-order valence-corrected chi connectivity index (χ4v) is 3.14. The van der Waals surface area contributed by atoms with Crippen LogP contribution >= 0.6 is 11.8 Å². The second-order valence-corrected chi connectivity index (χ2v) is 6.65. The number of nitrogens with zero attached hydrogens (tertiary/aromatic N) is 3. The largest absolute Gasteiger partial charge is 0.486 e. The zero-order valence-electron chi connectivity index (χ0n) is 13.6. The number of carbonyl (C=O) groups excluding carboxylic acids is 1. The van der Waals surface area contributed by atoms with E-state index in [0.29, 0.717) is 18.9 Å². The highest BCUT2D eigenvalue weighted by atomic mass is 32.2. The van der Waals surface area contributed by atoms with Gasteiger partial charge in [0.25, 0.3) is 0 Å². The number of hydrogen-bond donors (Lipinski definition) is 1. The third kappa shape index (κ3) is 4.00. The Balaban J connectivity index is 1.44. The molecule has 2 heterocycles. The third-order valence-electron chi connectivity index (χ3n) is 3.52. The molecule has 0 bridgehead atoms. The molecule has 0 saturated carbocycles. The number of nitrogens with one attached hydrogen (secondary N) is 1. The van der Waals surface area contributed by atoms with Crippen LogP contribution in [0.1, 0.15) is 19.9 Å². The van der Waals surface area contributed by atoms with Gasteiger partial charge in [-0.1, -0.05) is 23.9 Å². The third-order valence-corrected chi connectivity index (χ3v) is 4.48. The van der Waals surface area contributed by atoms with Gasteiger partial charge in [-0.25, -0.2) is 0 Å². The highest BCUT2D eigenvalue weighted by Crippen LogP contribution is 2.30. The lowest BCUT2D eigenvalue weighted by Gasteiger charge is -2.26. The first-order valence-corrected chi connectivity index (χ1v) is 8.79. The fourth-order valence-electron chi connectivity index (χ4n) is 2.26. The van der Waals surface area contributed by atoms with Crippen LogP contribution < -0.4 is 14.8 Å². The summed E-state index contributed by atoms with van der Waals surface area (Å²) in [7, 11) is 0. The summed E-state index contributed by atoms with van der Waals surface area (Å²) in [5.41, 5.74) is 0. The predicted octanol–water partition coefficient (Wildman–Crippen LogP) is 1.91. The number of ether oxygens (including phenoxy) is 2. The Kier molecular flexibility index (Phi) is 5.24. The first-order chi connectivity index (χ1) is 11.6. The molecule has 2 aromatic rings. The molecule has 0 saturated heterocycles. The van der Waals surface area contributed by atoms with Crippen molar-refractivity contribution in [3.05, 3.63) is 30.6 Å². The maximum atomic E-state index is 12.0. The summed E-state index contributed by atoms with van der Waals surface area (Å²) in [6, 6.07) is 7.78. The first-order valence-electron chi connectivity index (χ1n) is 7.81.